The fourth-order valence-electron chi connectivity index (χ4n) is 5.66. The van der Waals surface area contributed by atoms with Crippen molar-refractivity contribution >= 4 is 38.4 Å². The van der Waals surface area contributed by atoms with Crippen molar-refractivity contribution in [2.75, 3.05) is 26.7 Å². The van der Waals surface area contributed by atoms with E-state index in [4.69, 9.17) is 16.3 Å². The van der Waals surface area contributed by atoms with Crippen molar-refractivity contribution in [3.8, 4) is 11.1 Å². The lowest BCUT2D eigenvalue weighted by atomic mass is 9.96. The number of likely N-dealkylation sites (N-methyl/N-ethyl adjacent to an activating group) is 1. The lowest BCUT2D eigenvalue weighted by Crippen LogP contribution is -2.48. The Hall–Kier alpha value is -3.21. The van der Waals surface area contributed by atoms with E-state index in [1.54, 1.807) is 17.0 Å². The van der Waals surface area contributed by atoms with Gasteiger partial charge in [-0.2, -0.15) is 4.31 Å². The first-order valence-electron chi connectivity index (χ1n) is 14.0. The average molecular weight is 610 g/mol. The molecule has 0 bridgehead atoms. The van der Waals surface area contributed by atoms with Gasteiger partial charge in [0.2, 0.25) is 10.0 Å². The summed E-state index contributed by atoms with van der Waals surface area (Å²) in [6.45, 7) is 4.10. The molecule has 3 aromatic carbocycles. The summed E-state index contributed by atoms with van der Waals surface area (Å²) in [5.41, 5.74) is 4.06. The second-order valence-electron chi connectivity index (χ2n) is 11.0. The van der Waals surface area contributed by atoms with Gasteiger partial charge in [0, 0.05) is 54.6 Å². The van der Waals surface area contributed by atoms with Gasteiger partial charge in [0.25, 0.3) is 5.91 Å². The lowest BCUT2D eigenvalue weighted by molar-refractivity contribution is -0.0147. The van der Waals surface area contributed by atoms with E-state index in [0.29, 0.717) is 10.7 Å². The van der Waals surface area contributed by atoms with Gasteiger partial charge in [0.05, 0.1) is 30.3 Å². The maximum Gasteiger partial charge on any atom is 0.271 e. The Bertz CT molecular complexity index is 1700. The van der Waals surface area contributed by atoms with E-state index in [1.165, 1.54) is 23.5 Å². The molecule has 0 aliphatic carbocycles. The highest BCUT2D eigenvalue weighted by Gasteiger charge is 2.34. The molecule has 3 atom stereocenters. The molecular formula is C32H36ClN3O5S. The van der Waals surface area contributed by atoms with Gasteiger partial charge in [-0.25, -0.2) is 8.42 Å². The predicted octanol–water partition coefficient (Wildman–Crippen LogP) is 5.18. The normalized spacial score (nSPS) is 18.9. The minimum absolute atomic E-state index is 0.0692. The van der Waals surface area contributed by atoms with Crippen molar-refractivity contribution in [3.63, 3.8) is 0 Å². The third-order valence-electron chi connectivity index (χ3n) is 8.18. The number of aliphatic hydroxyl groups is 1. The van der Waals surface area contributed by atoms with Crippen LogP contribution in [0.5, 0.6) is 0 Å². The van der Waals surface area contributed by atoms with Crippen LogP contribution in [0, 0.1) is 5.92 Å². The van der Waals surface area contributed by atoms with E-state index in [9.17, 15) is 18.3 Å². The summed E-state index contributed by atoms with van der Waals surface area (Å²) in [5.74, 6) is -0.469. The van der Waals surface area contributed by atoms with Crippen LogP contribution in [0.25, 0.3) is 22.0 Å². The number of fused-ring (bicyclic) bond motifs is 5. The molecule has 1 N–H and O–H groups in total. The molecule has 222 valence electrons. The number of hydrogen-bond donors (Lipinski definition) is 1. The SMILES string of the molecule is C[C@@H]1CN([C@@H](C)CO)C(=O)c2c(c3ccccc3n2C)-c2ccccc2CO[C@@H]1CN(C)S(=O)(=O)c1ccc(Cl)cc1. The molecule has 5 rings (SSSR count). The molecule has 10 heteroatoms. The molecule has 0 unspecified atom stereocenters. The molecule has 2 heterocycles. The van der Waals surface area contributed by atoms with Crippen LogP contribution < -0.4 is 0 Å². The lowest BCUT2D eigenvalue weighted by Gasteiger charge is -2.35. The van der Waals surface area contributed by atoms with Crippen molar-refractivity contribution in [3.05, 3.63) is 89.1 Å². The Labute approximate surface area is 252 Å². The van der Waals surface area contributed by atoms with Gasteiger partial charge in [-0.1, -0.05) is 61.0 Å². The number of benzene rings is 3. The monoisotopic (exact) mass is 609 g/mol. The molecule has 0 saturated carbocycles. The highest BCUT2D eigenvalue weighted by atomic mass is 35.5. The molecular weight excluding hydrogens is 574 g/mol. The maximum absolute atomic E-state index is 14.4. The number of halogens is 1. The van der Waals surface area contributed by atoms with Gasteiger partial charge in [-0.3, -0.25) is 4.79 Å². The minimum Gasteiger partial charge on any atom is -0.394 e. The van der Waals surface area contributed by atoms with Crippen LogP contribution in [0.4, 0.5) is 0 Å². The standard InChI is InChI=1S/C32H36ClN3O5S/c1-21-17-36(22(2)19-37)32(38)31-30(27-11-7-8-12-28(27)35(31)4)26-10-6-5-9-23(26)20-41-29(21)18-34(3)42(39,40)25-15-13-24(33)14-16-25/h5-16,21-22,29,37H,17-20H2,1-4H3/t21-,22+,29-/m1/s1. The van der Waals surface area contributed by atoms with Crippen molar-refractivity contribution in [2.45, 2.75) is 37.5 Å². The molecule has 0 radical (unpaired) electrons. The highest BCUT2D eigenvalue weighted by Crippen LogP contribution is 2.38. The average Bonchev–Trinajstić information content (AvgIpc) is 3.28. The zero-order chi connectivity index (χ0) is 30.2. The Kier molecular flexibility index (Phi) is 8.78. The largest absolute Gasteiger partial charge is 0.394 e. The summed E-state index contributed by atoms with van der Waals surface area (Å²) in [5, 5.41) is 11.6. The van der Waals surface area contributed by atoms with E-state index in [-0.39, 0.29) is 43.0 Å². The fourth-order valence-corrected chi connectivity index (χ4v) is 6.97. The van der Waals surface area contributed by atoms with E-state index in [0.717, 1.165) is 27.6 Å². The van der Waals surface area contributed by atoms with E-state index < -0.39 is 22.2 Å². The first-order valence-corrected chi connectivity index (χ1v) is 15.8. The molecule has 1 aliphatic rings. The van der Waals surface area contributed by atoms with Crippen LogP contribution in [-0.4, -0.2) is 72.1 Å². The number of carbonyl (C=O) groups excluding carboxylic acids is 1. The van der Waals surface area contributed by atoms with Gasteiger partial charge in [0.1, 0.15) is 5.69 Å². The van der Waals surface area contributed by atoms with Crippen molar-refractivity contribution in [1.82, 2.24) is 13.8 Å². The quantitative estimate of drug-likeness (QED) is 0.325. The molecule has 0 fully saturated rings. The molecule has 1 amide bonds. The molecule has 1 aliphatic heterocycles. The first kappa shape index (κ1) is 30.3. The number of aromatic nitrogens is 1. The molecule has 8 nitrogen and oxygen atoms in total. The van der Waals surface area contributed by atoms with Crippen LogP contribution in [0.3, 0.4) is 0 Å². The Morgan fingerprint density at radius 3 is 2.45 bits per heavy atom. The number of amides is 1. The van der Waals surface area contributed by atoms with Gasteiger partial charge < -0.3 is 19.3 Å². The number of para-hydroxylation sites is 1. The molecule has 1 aromatic heterocycles. The van der Waals surface area contributed by atoms with Gasteiger partial charge >= 0.3 is 0 Å². The molecule has 0 saturated heterocycles. The minimum atomic E-state index is -3.82. The third kappa shape index (κ3) is 5.59. The summed E-state index contributed by atoms with van der Waals surface area (Å²) >= 11 is 5.98. The predicted molar refractivity (Wildman–Crippen MR) is 165 cm³/mol. The molecule has 42 heavy (non-hydrogen) atoms. The Balaban J connectivity index is 1.60. The summed E-state index contributed by atoms with van der Waals surface area (Å²) in [6.07, 6.45) is -0.552. The first-order chi connectivity index (χ1) is 20.0. The zero-order valence-corrected chi connectivity index (χ0v) is 25.8. The van der Waals surface area contributed by atoms with Crippen LogP contribution in [-0.2, 0) is 28.4 Å². The fraction of sp³-hybridized carbons (Fsp3) is 0.344. The maximum atomic E-state index is 14.4. The second-order valence-corrected chi connectivity index (χ2v) is 13.5. The summed E-state index contributed by atoms with van der Waals surface area (Å²) in [6, 6.07) is 21.4. The van der Waals surface area contributed by atoms with Gasteiger partial charge in [0.15, 0.2) is 0 Å². The van der Waals surface area contributed by atoms with E-state index in [2.05, 4.69) is 0 Å². The number of nitrogens with zero attached hydrogens (tertiary/aromatic N) is 3. The van der Waals surface area contributed by atoms with Crippen molar-refractivity contribution < 1.29 is 23.1 Å². The van der Waals surface area contributed by atoms with Gasteiger partial charge in [-0.15, -0.1) is 0 Å². The number of carbonyl (C=O) groups is 1. The number of ether oxygens (including phenoxy) is 1. The van der Waals surface area contributed by atoms with E-state index in [1.807, 2.05) is 74.0 Å². The third-order valence-corrected chi connectivity index (χ3v) is 10.3. The second kappa shape index (κ2) is 12.2. The zero-order valence-electron chi connectivity index (χ0n) is 24.2. The highest BCUT2D eigenvalue weighted by molar-refractivity contribution is 7.89. The number of aliphatic hydroxyl groups excluding tert-OH is 1. The smallest absolute Gasteiger partial charge is 0.271 e. The van der Waals surface area contributed by atoms with E-state index >= 15 is 0 Å². The topological polar surface area (TPSA) is 92.1 Å². The Morgan fingerprint density at radius 1 is 1.07 bits per heavy atom. The van der Waals surface area contributed by atoms with Crippen molar-refractivity contribution in [1.29, 1.82) is 0 Å². The van der Waals surface area contributed by atoms with Crippen LogP contribution in [0.2, 0.25) is 5.02 Å². The number of aryl methyl sites for hydroxylation is 1. The number of rotatable bonds is 6. The summed E-state index contributed by atoms with van der Waals surface area (Å²) in [4.78, 5) is 16.3. The number of hydrogen-bond acceptors (Lipinski definition) is 5. The molecule has 4 aromatic rings. The summed E-state index contributed by atoms with van der Waals surface area (Å²) in [7, 11) is -0.403. The van der Waals surface area contributed by atoms with Crippen LogP contribution in [0.15, 0.2) is 77.7 Å². The number of sulfonamides is 1. The van der Waals surface area contributed by atoms with Crippen LogP contribution in [0.1, 0.15) is 29.9 Å². The van der Waals surface area contributed by atoms with Crippen LogP contribution >= 0.6 is 11.6 Å². The molecule has 0 spiro atoms. The Morgan fingerprint density at radius 2 is 1.74 bits per heavy atom. The van der Waals surface area contributed by atoms with Crippen molar-refractivity contribution in [2.24, 2.45) is 13.0 Å². The van der Waals surface area contributed by atoms with Gasteiger partial charge in [-0.05, 0) is 48.4 Å². The summed E-state index contributed by atoms with van der Waals surface area (Å²) < 4.78 is 36.6.